The normalized spacial score (nSPS) is 15.0. The summed E-state index contributed by atoms with van der Waals surface area (Å²) in [4.78, 5) is 0. The highest BCUT2D eigenvalue weighted by molar-refractivity contribution is 6.18. The average Bonchev–Trinajstić information content (AvgIpc) is 2.94. The minimum absolute atomic E-state index is 0.581. The highest BCUT2D eigenvalue weighted by Crippen LogP contribution is 2.27. The summed E-state index contributed by atoms with van der Waals surface area (Å²) < 4.78 is 5.89. The molecule has 2 heteroatoms. The molecule has 0 saturated heterocycles. The zero-order valence-corrected chi connectivity index (χ0v) is 12.1. The van der Waals surface area contributed by atoms with Crippen molar-refractivity contribution in [2.24, 2.45) is 5.92 Å². The topological polar surface area (TPSA) is 9.23 Å². The highest BCUT2D eigenvalue weighted by atomic mass is 35.5. The van der Waals surface area contributed by atoms with Crippen molar-refractivity contribution in [3.63, 3.8) is 0 Å². The Labute approximate surface area is 121 Å². The van der Waals surface area contributed by atoms with Crippen LogP contribution in [-0.2, 0) is 0 Å². The fraction of sp³-hybridized carbons (Fsp3) is 0.529. The van der Waals surface area contributed by atoms with Gasteiger partial charge < -0.3 is 4.74 Å². The van der Waals surface area contributed by atoms with E-state index in [-0.39, 0.29) is 0 Å². The standard InChI is InChI=1S/C17H21ClO/c18-13-6-5-10-16-9-3-4-11-17(16)19-14-12-15-7-1-2-8-15/h3-4,9,11,15H,1-2,6-8,12-14H2. The van der Waals surface area contributed by atoms with Gasteiger partial charge in [-0.15, -0.1) is 11.6 Å². The van der Waals surface area contributed by atoms with E-state index >= 15 is 0 Å². The molecule has 1 saturated carbocycles. The molecule has 1 aliphatic carbocycles. The Kier molecular flexibility index (Phi) is 6.11. The van der Waals surface area contributed by atoms with Gasteiger partial charge >= 0.3 is 0 Å². The molecule has 1 nitrogen and oxygen atoms in total. The minimum Gasteiger partial charge on any atom is -0.492 e. The number of hydrogen-bond donors (Lipinski definition) is 0. The van der Waals surface area contributed by atoms with E-state index in [2.05, 4.69) is 11.8 Å². The molecule has 0 aromatic heterocycles. The molecule has 0 atom stereocenters. The maximum atomic E-state index is 5.89. The molecule has 0 N–H and O–H groups in total. The van der Waals surface area contributed by atoms with Gasteiger partial charge in [0.1, 0.15) is 5.75 Å². The predicted octanol–water partition coefficient (Wildman–Crippen LogP) is 4.63. The molecule has 0 aliphatic heterocycles. The monoisotopic (exact) mass is 276 g/mol. The Balaban J connectivity index is 1.86. The van der Waals surface area contributed by atoms with Crippen molar-refractivity contribution < 1.29 is 4.74 Å². The van der Waals surface area contributed by atoms with Gasteiger partial charge in [0.15, 0.2) is 0 Å². The number of hydrogen-bond acceptors (Lipinski definition) is 1. The van der Waals surface area contributed by atoms with E-state index in [0.717, 1.165) is 30.3 Å². The van der Waals surface area contributed by atoms with Crippen molar-refractivity contribution in [1.29, 1.82) is 0 Å². The molecule has 0 radical (unpaired) electrons. The van der Waals surface area contributed by atoms with Crippen molar-refractivity contribution >= 4 is 11.6 Å². The molecule has 0 spiro atoms. The van der Waals surface area contributed by atoms with Crippen molar-refractivity contribution in [2.45, 2.75) is 38.5 Å². The molecule has 1 aliphatic rings. The highest BCUT2D eigenvalue weighted by Gasteiger charge is 2.14. The van der Waals surface area contributed by atoms with Gasteiger partial charge in [0.25, 0.3) is 0 Å². The van der Waals surface area contributed by atoms with Crippen molar-refractivity contribution in [1.82, 2.24) is 0 Å². The molecule has 0 unspecified atom stereocenters. The summed E-state index contributed by atoms with van der Waals surface area (Å²) in [6, 6.07) is 8.00. The Morgan fingerprint density at radius 1 is 1.21 bits per heavy atom. The van der Waals surface area contributed by atoms with Crippen LogP contribution >= 0.6 is 11.6 Å². The van der Waals surface area contributed by atoms with E-state index in [1.807, 2.05) is 24.3 Å². The molecule has 0 heterocycles. The third-order valence-electron chi connectivity index (χ3n) is 3.59. The van der Waals surface area contributed by atoms with Crippen LogP contribution in [0.1, 0.15) is 44.1 Å². The maximum absolute atomic E-state index is 5.89. The van der Waals surface area contributed by atoms with Gasteiger partial charge in [-0.1, -0.05) is 49.7 Å². The zero-order valence-electron chi connectivity index (χ0n) is 11.3. The summed E-state index contributed by atoms with van der Waals surface area (Å²) >= 11 is 5.63. The lowest BCUT2D eigenvalue weighted by atomic mass is 10.1. The van der Waals surface area contributed by atoms with E-state index in [1.54, 1.807) is 0 Å². The summed E-state index contributed by atoms with van der Waals surface area (Å²) in [6.45, 7) is 0.804. The van der Waals surface area contributed by atoms with Gasteiger partial charge in [0.05, 0.1) is 12.2 Å². The number of ether oxygens (including phenoxy) is 1. The van der Waals surface area contributed by atoms with E-state index < -0.39 is 0 Å². The fourth-order valence-electron chi connectivity index (χ4n) is 2.54. The molecular weight excluding hydrogens is 256 g/mol. The van der Waals surface area contributed by atoms with Gasteiger partial charge in [-0.25, -0.2) is 0 Å². The lowest BCUT2D eigenvalue weighted by molar-refractivity contribution is 0.278. The van der Waals surface area contributed by atoms with Crippen LogP contribution in [-0.4, -0.2) is 12.5 Å². The molecule has 19 heavy (non-hydrogen) atoms. The minimum atomic E-state index is 0.581. The van der Waals surface area contributed by atoms with Gasteiger partial charge in [0.2, 0.25) is 0 Å². The fourth-order valence-corrected chi connectivity index (χ4v) is 2.63. The molecule has 1 aromatic rings. The lowest BCUT2D eigenvalue weighted by Gasteiger charge is -2.11. The second kappa shape index (κ2) is 8.12. The number of alkyl halides is 1. The summed E-state index contributed by atoms with van der Waals surface area (Å²) in [5.41, 5.74) is 0.971. The number of halogens is 1. The van der Waals surface area contributed by atoms with Gasteiger partial charge in [-0.05, 0) is 24.5 Å². The first-order valence-corrected chi connectivity index (χ1v) is 7.70. The van der Waals surface area contributed by atoms with Crippen molar-refractivity contribution in [2.75, 3.05) is 12.5 Å². The zero-order chi connectivity index (χ0) is 13.3. The van der Waals surface area contributed by atoms with Crippen LogP contribution < -0.4 is 4.74 Å². The van der Waals surface area contributed by atoms with E-state index in [9.17, 15) is 0 Å². The summed E-state index contributed by atoms with van der Waals surface area (Å²) in [5.74, 6) is 8.55. The second-order valence-electron chi connectivity index (χ2n) is 5.02. The summed E-state index contributed by atoms with van der Waals surface area (Å²) in [5, 5.41) is 0. The van der Waals surface area contributed by atoms with Crippen LogP contribution in [0.25, 0.3) is 0 Å². The molecular formula is C17H21ClO. The maximum Gasteiger partial charge on any atom is 0.134 e. The van der Waals surface area contributed by atoms with Gasteiger partial charge in [0, 0.05) is 12.3 Å². The molecule has 0 bridgehead atoms. The smallest absolute Gasteiger partial charge is 0.134 e. The molecule has 102 valence electrons. The Morgan fingerprint density at radius 2 is 2.00 bits per heavy atom. The Hall–Kier alpha value is -1.13. The van der Waals surface area contributed by atoms with Gasteiger partial charge in [-0.3, -0.25) is 0 Å². The van der Waals surface area contributed by atoms with E-state index in [1.165, 1.54) is 32.1 Å². The number of benzene rings is 1. The lowest BCUT2D eigenvalue weighted by Crippen LogP contribution is -2.04. The molecule has 0 amide bonds. The first kappa shape index (κ1) is 14.3. The van der Waals surface area contributed by atoms with E-state index in [4.69, 9.17) is 16.3 Å². The van der Waals surface area contributed by atoms with Crippen LogP contribution in [0.5, 0.6) is 5.75 Å². The first-order valence-electron chi connectivity index (χ1n) is 7.17. The summed E-state index contributed by atoms with van der Waals surface area (Å²) in [7, 11) is 0. The molecule has 1 fully saturated rings. The van der Waals surface area contributed by atoms with Crippen LogP contribution in [0.4, 0.5) is 0 Å². The molecule has 1 aromatic carbocycles. The SMILES string of the molecule is ClCCC#Cc1ccccc1OCCC1CCCC1. The van der Waals surface area contributed by atoms with Crippen LogP contribution in [0.3, 0.4) is 0 Å². The van der Waals surface area contributed by atoms with Crippen molar-refractivity contribution in [3.8, 4) is 17.6 Å². The van der Waals surface area contributed by atoms with Crippen molar-refractivity contribution in [3.05, 3.63) is 29.8 Å². The van der Waals surface area contributed by atoms with Crippen LogP contribution in [0.2, 0.25) is 0 Å². The van der Waals surface area contributed by atoms with Gasteiger partial charge in [-0.2, -0.15) is 0 Å². The van der Waals surface area contributed by atoms with Crippen LogP contribution in [0.15, 0.2) is 24.3 Å². The van der Waals surface area contributed by atoms with Crippen LogP contribution in [0, 0.1) is 17.8 Å². The quantitative estimate of drug-likeness (QED) is 0.563. The largest absolute Gasteiger partial charge is 0.492 e. The molecule has 2 rings (SSSR count). The average molecular weight is 277 g/mol. The predicted molar refractivity (Wildman–Crippen MR) is 80.7 cm³/mol. The first-order chi connectivity index (χ1) is 9.40. The third-order valence-corrected chi connectivity index (χ3v) is 3.78. The number of rotatable bonds is 5. The Bertz CT molecular complexity index is 438. The number of para-hydroxylation sites is 1. The third kappa shape index (κ3) is 4.80. The summed E-state index contributed by atoms with van der Waals surface area (Å²) in [6.07, 6.45) is 7.43. The Morgan fingerprint density at radius 3 is 2.79 bits per heavy atom. The van der Waals surface area contributed by atoms with E-state index in [0.29, 0.717) is 5.88 Å². The second-order valence-corrected chi connectivity index (χ2v) is 5.40.